The highest BCUT2D eigenvalue weighted by atomic mass is 35.5. The largest absolute Gasteiger partial charge is 0.573 e. The van der Waals surface area contributed by atoms with Crippen molar-refractivity contribution < 1.29 is 22.7 Å². The van der Waals surface area contributed by atoms with Gasteiger partial charge in [0.2, 0.25) is 0 Å². The molecule has 0 aliphatic carbocycles. The SMILES string of the molecule is O=C(Nc1ccccc1OC(F)(F)F)c1cnc(Cl)c(Cl)c1. The Balaban J connectivity index is 2.23. The average molecular weight is 351 g/mol. The first-order chi connectivity index (χ1) is 10.3. The second-order valence-electron chi connectivity index (χ2n) is 3.99. The van der Waals surface area contributed by atoms with E-state index in [1.54, 1.807) is 0 Å². The van der Waals surface area contributed by atoms with Gasteiger partial charge in [-0.05, 0) is 18.2 Å². The van der Waals surface area contributed by atoms with E-state index in [1.807, 2.05) is 0 Å². The van der Waals surface area contributed by atoms with Gasteiger partial charge >= 0.3 is 6.36 Å². The number of pyridine rings is 1. The molecule has 0 radical (unpaired) electrons. The number of anilines is 1. The van der Waals surface area contributed by atoms with Crippen LogP contribution in [0.1, 0.15) is 10.4 Å². The molecule has 22 heavy (non-hydrogen) atoms. The van der Waals surface area contributed by atoms with Crippen molar-refractivity contribution >= 4 is 34.8 Å². The van der Waals surface area contributed by atoms with Crippen molar-refractivity contribution in [3.8, 4) is 5.75 Å². The summed E-state index contributed by atoms with van der Waals surface area (Å²) in [5, 5.41) is 2.35. The van der Waals surface area contributed by atoms with E-state index in [-0.39, 0.29) is 21.4 Å². The molecular formula is C13H7Cl2F3N2O2. The second kappa shape index (κ2) is 6.41. The van der Waals surface area contributed by atoms with Crippen LogP contribution in [0.4, 0.5) is 18.9 Å². The lowest BCUT2D eigenvalue weighted by Crippen LogP contribution is -2.19. The predicted octanol–water partition coefficient (Wildman–Crippen LogP) is 4.54. The number of nitrogens with zero attached hydrogens (tertiary/aromatic N) is 1. The van der Waals surface area contributed by atoms with Crippen LogP contribution < -0.4 is 10.1 Å². The normalized spacial score (nSPS) is 11.1. The molecule has 0 saturated heterocycles. The highest BCUT2D eigenvalue weighted by Gasteiger charge is 2.32. The van der Waals surface area contributed by atoms with Gasteiger partial charge in [0.05, 0.1) is 16.3 Å². The third-order valence-electron chi connectivity index (χ3n) is 2.42. The molecule has 1 aromatic heterocycles. The monoisotopic (exact) mass is 350 g/mol. The molecule has 0 unspecified atom stereocenters. The molecule has 2 rings (SSSR count). The molecule has 1 aromatic carbocycles. The number of para-hydroxylation sites is 2. The van der Waals surface area contributed by atoms with Gasteiger partial charge in [-0.2, -0.15) is 0 Å². The van der Waals surface area contributed by atoms with Gasteiger partial charge in [-0.15, -0.1) is 13.2 Å². The number of halogens is 5. The van der Waals surface area contributed by atoms with Gasteiger partial charge in [0, 0.05) is 6.20 Å². The highest BCUT2D eigenvalue weighted by Crippen LogP contribution is 2.30. The third kappa shape index (κ3) is 4.25. The molecule has 0 fully saturated rings. The maximum atomic E-state index is 12.3. The maximum absolute atomic E-state index is 12.3. The number of carbonyl (C=O) groups is 1. The van der Waals surface area contributed by atoms with Crippen LogP contribution in [0, 0.1) is 0 Å². The van der Waals surface area contributed by atoms with Gasteiger partial charge in [0.1, 0.15) is 5.15 Å². The Kier molecular flexibility index (Phi) is 4.77. The van der Waals surface area contributed by atoms with Crippen LogP contribution in [-0.4, -0.2) is 17.3 Å². The summed E-state index contributed by atoms with van der Waals surface area (Å²) in [4.78, 5) is 15.7. The molecule has 0 bridgehead atoms. The molecule has 116 valence electrons. The van der Waals surface area contributed by atoms with Crippen molar-refractivity contribution in [3.05, 3.63) is 52.3 Å². The van der Waals surface area contributed by atoms with Gasteiger partial charge < -0.3 is 10.1 Å². The number of hydrogen-bond acceptors (Lipinski definition) is 3. The predicted molar refractivity (Wildman–Crippen MR) is 75.3 cm³/mol. The quantitative estimate of drug-likeness (QED) is 0.826. The number of benzene rings is 1. The Bertz CT molecular complexity index is 708. The van der Waals surface area contributed by atoms with Crippen LogP contribution in [0.15, 0.2) is 36.5 Å². The summed E-state index contributed by atoms with van der Waals surface area (Å²) in [6, 6.07) is 6.39. The number of hydrogen-bond donors (Lipinski definition) is 1. The van der Waals surface area contributed by atoms with Gasteiger partial charge in [-0.3, -0.25) is 4.79 Å². The van der Waals surface area contributed by atoms with Crippen LogP contribution in [-0.2, 0) is 0 Å². The summed E-state index contributed by atoms with van der Waals surface area (Å²) in [6.45, 7) is 0. The van der Waals surface area contributed by atoms with E-state index < -0.39 is 18.0 Å². The van der Waals surface area contributed by atoms with E-state index in [4.69, 9.17) is 23.2 Å². The minimum atomic E-state index is -4.87. The Morgan fingerprint density at radius 1 is 1.23 bits per heavy atom. The van der Waals surface area contributed by atoms with E-state index in [0.717, 1.165) is 12.3 Å². The molecule has 0 spiro atoms. The van der Waals surface area contributed by atoms with Crippen molar-refractivity contribution in [2.24, 2.45) is 0 Å². The molecule has 2 aromatic rings. The Labute approximate surface area is 132 Å². The van der Waals surface area contributed by atoms with E-state index >= 15 is 0 Å². The lowest BCUT2D eigenvalue weighted by atomic mass is 10.2. The minimum absolute atomic E-state index is 0.0130. The van der Waals surface area contributed by atoms with Crippen molar-refractivity contribution in [2.45, 2.75) is 6.36 Å². The van der Waals surface area contributed by atoms with Crippen LogP contribution in [0.25, 0.3) is 0 Å². The number of alkyl halides is 3. The van der Waals surface area contributed by atoms with Crippen LogP contribution in [0.5, 0.6) is 5.75 Å². The van der Waals surface area contributed by atoms with Gasteiger partial charge in [0.25, 0.3) is 5.91 Å². The molecule has 0 saturated carbocycles. The molecule has 1 amide bonds. The molecule has 1 heterocycles. The number of carbonyl (C=O) groups excluding carboxylic acids is 1. The van der Waals surface area contributed by atoms with Crippen LogP contribution in [0.3, 0.4) is 0 Å². The molecule has 4 nitrogen and oxygen atoms in total. The fraction of sp³-hybridized carbons (Fsp3) is 0.0769. The van der Waals surface area contributed by atoms with E-state index in [1.165, 1.54) is 24.3 Å². The number of nitrogens with one attached hydrogen (secondary N) is 1. The standard InChI is InChI=1S/C13H7Cl2F3N2O2/c14-8-5-7(6-19-11(8)15)12(21)20-9-3-1-2-4-10(9)22-13(16,17)18/h1-6H,(H,20,21). The van der Waals surface area contributed by atoms with E-state index in [2.05, 4.69) is 15.0 Å². The smallest absolute Gasteiger partial charge is 0.404 e. The maximum Gasteiger partial charge on any atom is 0.573 e. The summed E-state index contributed by atoms with van der Waals surface area (Å²) in [5.74, 6) is -1.24. The molecule has 1 N–H and O–H groups in total. The Morgan fingerprint density at radius 2 is 1.91 bits per heavy atom. The Hall–Kier alpha value is -1.99. The lowest BCUT2D eigenvalue weighted by Gasteiger charge is -2.13. The molecule has 0 atom stereocenters. The van der Waals surface area contributed by atoms with Crippen molar-refractivity contribution in [1.29, 1.82) is 0 Å². The molecule has 0 aliphatic rings. The summed E-state index contributed by atoms with van der Waals surface area (Å²) < 4.78 is 40.7. The molecular weight excluding hydrogens is 344 g/mol. The van der Waals surface area contributed by atoms with Gasteiger partial charge in [0.15, 0.2) is 5.75 Å². The summed E-state index contributed by atoms with van der Waals surface area (Å²) in [5.41, 5.74) is -0.105. The van der Waals surface area contributed by atoms with E-state index in [9.17, 15) is 18.0 Å². The van der Waals surface area contributed by atoms with E-state index in [0.29, 0.717) is 0 Å². The fourth-order valence-electron chi connectivity index (χ4n) is 1.52. The van der Waals surface area contributed by atoms with Gasteiger partial charge in [-0.1, -0.05) is 35.3 Å². The zero-order chi connectivity index (χ0) is 16.3. The highest BCUT2D eigenvalue weighted by molar-refractivity contribution is 6.41. The first-order valence-electron chi connectivity index (χ1n) is 5.73. The van der Waals surface area contributed by atoms with Crippen molar-refractivity contribution in [1.82, 2.24) is 4.98 Å². The van der Waals surface area contributed by atoms with Gasteiger partial charge in [-0.25, -0.2) is 4.98 Å². The second-order valence-corrected chi connectivity index (χ2v) is 4.76. The third-order valence-corrected chi connectivity index (χ3v) is 3.11. The topological polar surface area (TPSA) is 51.2 Å². The first-order valence-corrected chi connectivity index (χ1v) is 6.49. The van der Waals surface area contributed by atoms with Crippen molar-refractivity contribution in [2.75, 3.05) is 5.32 Å². The fourth-order valence-corrected chi connectivity index (χ4v) is 1.79. The molecule has 9 heteroatoms. The number of amides is 1. The minimum Gasteiger partial charge on any atom is -0.404 e. The summed E-state index contributed by atoms with van der Waals surface area (Å²) in [6.07, 6.45) is -3.72. The van der Waals surface area contributed by atoms with Crippen molar-refractivity contribution in [3.63, 3.8) is 0 Å². The average Bonchev–Trinajstić information content (AvgIpc) is 2.42. The number of ether oxygens (including phenoxy) is 1. The summed E-state index contributed by atoms with van der Waals surface area (Å²) in [7, 11) is 0. The van der Waals surface area contributed by atoms with Crippen LogP contribution in [0.2, 0.25) is 10.2 Å². The summed E-state index contributed by atoms with van der Waals surface area (Å²) >= 11 is 11.4. The Morgan fingerprint density at radius 3 is 2.55 bits per heavy atom. The van der Waals surface area contributed by atoms with Crippen LogP contribution >= 0.6 is 23.2 Å². The zero-order valence-corrected chi connectivity index (χ0v) is 12.1. The number of aromatic nitrogens is 1. The number of rotatable bonds is 3. The zero-order valence-electron chi connectivity index (χ0n) is 10.6. The molecule has 0 aliphatic heterocycles. The first kappa shape index (κ1) is 16.4. The lowest BCUT2D eigenvalue weighted by molar-refractivity contribution is -0.274.